The van der Waals surface area contributed by atoms with Crippen molar-refractivity contribution in [2.75, 3.05) is 10.2 Å². The van der Waals surface area contributed by atoms with E-state index >= 15 is 0 Å². The van der Waals surface area contributed by atoms with Crippen molar-refractivity contribution in [3.8, 4) is 11.1 Å². The van der Waals surface area contributed by atoms with E-state index < -0.39 is 0 Å². The largest absolute Gasteiger partial charge is 0.356 e. The smallest absolute Gasteiger partial charge is 0.0626 e. The Balaban J connectivity index is 1.10. The van der Waals surface area contributed by atoms with Gasteiger partial charge in [0, 0.05) is 34.6 Å². The van der Waals surface area contributed by atoms with Crippen LogP contribution in [0, 0.1) is 17.8 Å². The minimum atomic E-state index is 0.384. The molecular formula is C37H36N2. The van der Waals surface area contributed by atoms with Gasteiger partial charge in [-0.25, -0.2) is 0 Å². The SMILES string of the molecule is CC1C=CC=CC1C1=C(Nc2ccc(-c3ccc(N4C5=C(CCC=C5)C5C=CC=CC54)cc3)cc2)C=CCC1. The van der Waals surface area contributed by atoms with E-state index in [0.29, 0.717) is 23.8 Å². The summed E-state index contributed by atoms with van der Waals surface area (Å²) in [6.45, 7) is 2.32. The highest BCUT2D eigenvalue weighted by molar-refractivity contribution is 5.71. The number of allylic oxidation sites excluding steroid dienone is 11. The van der Waals surface area contributed by atoms with E-state index in [1.54, 1.807) is 5.57 Å². The molecule has 1 heterocycles. The third-order valence-corrected chi connectivity index (χ3v) is 8.92. The molecule has 0 fully saturated rings. The Kier molecular flexibility index (Phi) is 6.32. The highest BCUT2D eigenvalue weighted by atomic mass is 15.2. The van der Waals surface area contributed by atoms with Gasteiger partial charge in [-0.3, -0.25) is 0 Å². The molecule has 0 saturated carbocycles. The van der Waals surface area contributed by atoms with E-state index in [9.17, 15) is 0 Å². The molecule has 0 radical (unpaired) electrons. The lowest BCUT2D eigenvalue weighted by Crippen LogP contribution is -2.32. The van der Waals surface area contributed by atoms with Gasteiger partial charge in [0.25, 0.3) is 0 Å². The quantitative estimate of drug-likeness (QED) is 0.433. The van der Waals surface area contributed by atoms with Crippen LogP contribution in [0.25, 0.3) is 11.1 Å². The molecule has 2 aromatic carbocycles. The Hall–Kier alpha value is -4.04. The van der Waals surface area contributed by atoms with Crippen LogP contribution in [-0.2, 0) is 0 Å². The average molecular weight is 509 g/mol. The van der Waals surface area contributed by atoms with Crippen molar-refractivity contribution in [1.82, 2.24) is 0 Å². The van der Waals surface area contributed by atoms with Crippen molar-refractivity contribution < 1.29 is 0 Å². The first kappa shape index (κ1) is 24.0. The zero-order valence-corrected chi connectivity index (χ0v) is 22.6. The molecular weight excluding hydrogens is 472 g/mol. The fourth-order valence-electron chi connectivity index (χ4n) is 6.90. The van der Waals surface area contributed by atoms with Crippen molar-refractivity contribution in [3.63, 3.8) is 0 Å². The Morgan fingerprint density at radius 3 is 2.08 bits per heavy atom. The van der Waals surface area contributed by atoms with E-state index in [2.05, 4.69) is 139 Å². The Morgan fingerprint density at radius 2 is 1.31 bits per heavy atom. The normalized spacial score (nSPS) is 26.8. The summed E-state index contributed by atoms with van der Waals surface area (Å²) < 4.78 is 0. The predicted molar refractivity (Wildman–Crippen MR) is 165 cm³/mol. The highest BCUT2D eigenvalue weighted by Crippen LogP contribution is 2.45. The van der Waals surface area contributed by atoms with Crippen molar-refractivity contribution in [2.45, 2.75) is 38.6 Å². The molecule has 2 aromatic rings. The Labute approximate surface area is 232 Å². The molecule has 0 aromatic heterocycles. The second-order valence-corrected chi connectivity index (χ2v) is 11.3. The lowest BCUT2D eigenvalue weighted by atomic mass is 9.80. The molecule has 4 unspecified atom stereocenters. The minimum Gasteiger partial charge on any atom is -0.356 e. The van der Waals surface area contributed by atoms with Crippen molar-refractivity contribution >= 4 is 11.4 Å². The van der Waals surface area contributed by atoms with Gasteiger partial charge < -0.3 is 10.2 Å². The van der Waals surface area contributed by atoms with E-state index in [0.717, 1.165) is 24.9 Å². The fraction of sp³-hybridized carbons (Fsp3) is 0.243. The maximum Gasteiger partial charge on any atom is 0.0626 e. The van der Waals surface area contributed by atoms with Crippen molar-refractivity contribution in [2.24, 2.45) is 17.8 Å². The third-order valence-electron chi connectivity index (χ3n) is 8.92. The Morgan fingerprint density at radius 1 is 0.667 bits per heavy atom. The summed E-state index contributed by atoms with van der Waals surface area (Å²) >= 11 is 0. The summed E-state index contributed by atoms with van der Waals surface area (Å²) in [4.78, 5) is 2.54. The summed E-state index contributed by atoms with van der Waals surface area (Å²) in [5, 5.41) is 3.73. The van der Waals surface area contributed by atoms with Gasteiger partial charge in [0.05, 0.1) is 6.04 Å². The zero-order valence-electron chi connectivity index (χ0n) is 22.6. The van der Waals surface area contributed by atoms with Crippen LogP contribution in [0.3, 0.4) is 0 Å². The summed E-state index contributed by atoms with van der Waals surface area (Å²) in [7, 11) is 0. The van der Waals surface area contributed by atoms with Crippen LogP contribution < -0.4 is 10.2 Å². The molecule has 0 spiro atoms. The maximum atomic E-state index is 3.73. The van der Waals surface area contributed by atoms with Crippen LogP contribution in [0.4, 0.5) is 11.4 Å². The summed E-state index contributed by atoms with van der Waals surface area (Å²) in [5.74, 6) is 1.51. The van der Waals surface area contributed by atoms with Gasteiger partial charge in [-0.15, -0.1) is 0 Å². The molecule has 194 valence electrons. The van der Waals surface area contributed by atoms with Crippen LogP contribution in [0.15, 0.2) is 144 Å². The molecule has 4 atom stereocenters. The van der Waals surface area contributed by atoms with Crippen molar-refractivity contribution in [3.05, 3.63) is 144 Å². The molecule has 0 bridgehead atoms. The molecule has 1 aliphatic heterocycles. The third kappa shape index (κ3) is 4.48. The number of anilines is 2. The number of nitrogens with one attached hydrogen (secondary N) is 1. The second kappa shape index (κ2) is 10.3. The first-order valence-electron chi connectivity index (χ1n) is 14.5. The number of rotatable bonds is 5. The molecule has 7 rings (SSSR count). The van der Waals surface area contributed by atoms with Gasteiger partial charge in [0.2, 0.25) is 0 Å². The molecule has 2 heteroatoms. The monoisotopic (exact) mass is 508 g/mol. The lowest BCUT2D eigenvalue weighted by molar-refractivity contribution is 0.552. The Bertz CT molecular complexity index is 1490. The summed E-state index contributed by atoms with van der Waals surface area (Å²) in [6.07, 6.45) is 32.0. The summed E-state index contributed by atoms with van der Waals surface area (Å²) in [5.41, 5.74) is 10.7. The van der Waals surface area contributed by atoms with Crippen LogP contribution >= 0.6 is 0 Å². The molecule has 5 aliphatic rings. The number of nitrogens with zero attached hydrogens (tertiary/aromatic N) is 1. The average Bonchev–Trinajstić information content (AvgIpc) is 3.33. The first-order valence-corrected chi connectivity index (χ1v) is 14.5. The molecule has 39 heavy (non-hydrogen) atoms. The zero-order chi connectivity index (χ0) is 26.2. The molecule has 0 amide bonds. The fourth-order valence-corrected chi connectivity index (χ4v) is 6.90. The standard InChI is InChI=1S/C37H36N2/c1-26-10-2-3-11-31(26)32-12-4-7-15-35(32)38-29-22-18-27(19-23-29)28-20-24-30(25-21-28)39-36-16-8-5-13-33(36)34-14-6-9-17-37(34)39/h2-3,5,7-11,13,15-26,31,33,36,38H,4,6,12,14H2,1H3. The van der Waals surface area contributed by atoms with Crippen LogP contribution in [0.2, 0.25) is 0 Å². The minimum absolute atomic E-state index is 0.384. The number of fused-ring (bicyclic) bond motifs is 2. The van der Waals surface area contributed by atoms with Gasteiger partial charge >= 0.3 is 0 Å². The van der Waals surface area contributed by atoms with E-state index in [4.69, 9.17) is 0 Å². The van der Waals surface area contributed by atoms with Gasteiger partial charge in [0.15, 0.2) is 0 Å². The topological polar surface area (TPSA) is 15.3 Å². The van der Waals surface area contributed by atoms with Crippen LogP contribution in [0.5, 0.6) is 0 Å². The second-order valence-electron chi connectivity index (χ2n) is 11.3. The van der Waals surface area contributed by atoms with E-state index in [1.165, 1.54) is 40.2 Å². The van der Waals surface area contributed by atoms with E-state index in [-0.39, 0.29) is 0 Å². The predicted octanol–water partition coefficient (Wildman–Crippen LogP) is 9.28. The van der Waals surface area contributed by atoms with Gasteiger partial charge in [-0.05, 0) is 90.3 Å². The van der Waals surface area contributed by atoms with Crippen molar-refractivity contribution in [1.29, 1.82) is 0 Å². The van der Waals surface area contributed by atoms with Gasteiger partial charge in [-0.1, -0.05) is 91.9 Å². The number of hydrogen-bond donors (Lipinski definition) is 1. The summed E-state index contributed by atoms with van der Waals surface area (Å²) in [6, 6.07) is 18.4. The first-order chi connectivity index (χ1) is 19.3. The molecule has 2 nitrogen and oxygen atoms in total. The van der Waals surface area contributed by atoms with Gasteiger partial charge in [-0.2, -0.15) is 0 Å². The number of benzene rings is 2. The lowest BCUT2D eigenvalue weighted by Gasteiger charge is -2.30. The number of hydrogen-bond acceptors (Lipinski definition) is 2. The highest BCUT2D eigenvalue weighted by Gasteiger charge is 2.38. The van der Waals surface area contributed by atoms with E-state index in [1.807, 2.05) is 0 Å². The molecule has 0 saturated heterocycles. The van der Waals surface area contributed by atoms with Crippen LogP contribution in [-0.4, -0.2) is 6.04 Å². The maximum absolute atomic E-state index is 3.73. The molecule has 1 N–H and O–H groups in total. The van der Waals surface area contributed by atoms with Gasteiger partial charge in [0.1, 0.15) is 0 Å². The molecule has 4 aliphatic carbocycles. The van der Waals surface area contributed by atoms with Crippen LogP contribution in [0.1, 0.15) is 32.6 Å².